The maximum atomic E-state index is 12.7. The van der Waals surface area contributed by atoms with E-state index in [1.54, 1.807) is 29.2 Å². The lowest BCUT2D eigenvalue weighted by Gasteiger charge is -2.28. The van der Waals surface area contributed by atoms with Gasteiger partial charge in [-0.2, -0.15) is 0 Å². The summed E-state index contributed by atoms with van der Waals surface area (Å²) in [7, 11) is 1.32. The number of hydrogen-bond acceptors (Lipinski definition) is 5. The molecule has 0 fully saturated rings. The summed E-state index contributed by atoms with van der Waals surface area (Å²) < 4.78 is 4.82. The molecule has 0 saturated heterocycles. The van der Waals surface area contributed by atoms with Crippen molar-refractivity contribution in [3.63, 3.8) is 0 Å². The minimum absolute atomic E-state index is 0.0393. The van der Waals surface area contributed by atoms with Crippen molar-refractivity contribution in [1.29, 1.82) is 0 Å². The number of methoxy groups -OCH3 is 1. The Hall–Kier alpha value is -3.03. The zero-order valence-electron chi connectivity index (χ0n) is 17.7. The minimum Gasteiger partial charge on any atom is -0.465 e. The van der Waals surface area contributed by atoms with E-state index in [9.17, 15) is 14.7 Å². The average Bonchev–Trinajstić information content (AvgIpc) is 2.78. The Balaban J connectivity index is 1.82. The molecule has 2 N–H and O–H groups in total. The molecule has 31 heavy (non-hydrogen) atoms. The fourth-order valence-electron chi connectivity index (χ4n) is 3.50. The average molecular weight is 439 g/mol. The molecular formula is C24H26N2O4S. The number of esters is 1. The number of aliphatic hydroxyl groups excluding tert-OH is 1. The van der Waals surface area contributed by atoms with Crippen molar-refractivity contribution >= 4 is 40.8 Å². The van der Waals surface area contributed by atoms with Crippen LogP contribution in [0.3, 0.4) is 0 Å². The molecule has 2 aromatic carbocycles. The van der Waals surface area contributed by atoms with Gasteiger partial charge >= 0.3 is 5.97 Å². The SMILES string of the molecule is CCc1ccc2c(c1)C=C(CN(CCO)C(=S)Nc1ccccc1C(=O)OC)C(=O)C2. The Morgan fingerprint density at radius 1 is 1.26 bits per heavy atom. The van der Waals surface area contributed by atoms with Gasteiger partial charge in [-0.1, -0.05) is 37.3 Å². The van der Waals surface area contributed by atoms with E-state index in [0.717, 1.165) is 17.5 Å². The quantitative estimate of drug-likeness (QED) is 0.508. The van der Waals surface area contributed by atoms with E-state index < -0.39 is 5.97 Å². The smallest absolute Gasteiger partial charge is 0.339 e. The van der Waals surface area contributed by atoms with Crippen LogP contribution in [0.1, 0.15) is 34.0 Å². The van der Waals surface area contributed by atoms with Gasteiger partial charge in [-0.3, -0.25) is 4.79 Å². The number of ketones is 1. The number of anilines is 1. The van der Waals surface area contributed by atoms with E-state index in [-0.39, 0.29) is 25.5 Å². The van der Waals surface area contributed by atoms with Crippen LogP contribution in [0.15, 0.2) is 48.0 Å². The molecule has 3 rings (SSSR count). The predicted octanol–water partition coefficient (Wildman–Crippen LogP) is 3.24. The van der Waals surface area contributed by atoms with Crippen molar-refractivity contribution in [1.82, 2.24) is 4.90 Å². The third kappa shape index (κ3) is 5.37. The fraction of sp³-hybridized carbons (Fsp3) is 0.292. The number of rotatable bonds is 7. The molecule has 0 aliphatic heterocycles. The predicted molar refractivity (Wildman–Crippen MR) is 125 cm³/mol. The molecule has 1 aliphatic rings. The second-order valence-electron chi connectivity index (χ2n) is 7.27. The van der Waals surface area contributed by atoms with Crippen LogP contribution >= 0.6 is 12.2 Å². The lowest BCUT2D eigenvalue weighted by atomic mass is 9.89. The topological polar surface area (TPSA) is 78.9 Å². The van der Waals surface area contributed by atoms with Crippen molar-refractivity contribution in [2.24, 2.45) is 0 Å². The number of aryl methyl sites for hydroxylation is 1. The highest BCUT2D eigenvalue weighted by Gasteiger charge is 2.22. The molecule has 0 amide bonds. The molecule has 6 nitrogen and oxygen atoms in total. The molecule has 0 aromatic heterocycles. The summed E-state index contributed by atoms with van der Waals surface area (Å²) in [4.78, 5) is 26.5. The van der Waals surface area contributed by atoms with Crippen molar-refractivity contribution in [3.05, 3.63) is 70.3 Å². The second kappa shape index (κ2) is 10.3. The minimum atomic E-state index is -0.479. The van der Waals surface area contributed by atoms with Crippen LogP contribution in [0.4, 0.5) is 5.69 Å². The molecule has 0 atom stereocenters. The number of para-hydroxylation sites is 1. The Morgan fingerprint density at radius 2 is 2.03 bits per heavy atom. The number of thiocarbonyl (C=S) groups is 1. The Morgan fingerprint density at radius 3 is 2.74 bits per heavy atom. The number of benzene rings is 2. The van der Waals surface area contributed by atoms with E-state index in [4.69, 9.17) is 17.0 Å². The molecule has 0 saturated carbocycles. The molecule has 0 radical (unpaired) electrons. The number of carbonyl (C=O) groups excluding carboxylic acids is 2. The van der Waals surface area contributed by atoms with Gasteiger partial charge in [0, 0.05) is 25.1 Å². The van der Waals surface area contributed by atoms with Crippen LogP contribution in [0.5, 0.6) is 0 Å². The molecule has 0 unspecified atom stereocenters. The van der Waals surface area contributed by atoms with Crippen LogP contribution in [0, 0.1) is 0 Å². The number of aliphatic hydroxyl groups is 1. The van der Waals surface area contributed by atoms with Gasteiger partial charge in [0.15, 0.2) is 10.9 Å². The number of nitrogens with zero attached hydrogens (tertiary/aromatic N) is 1. The normalized spacial score (nSPS) is 12.6. The van der Waals surface area contributed by atoms with Gasteiger partial charge in [0.2, 0.25) is 0 Å². The second-order valence-corrected chi connectivity index (χ2v) is 7.66. The van der Waals surface area contributed by atoms with Gasteiger partial charge in [0.25, 0.3) is 0 Å². The first kappa shape index (κ1) is 22.7. The van der Waals surface area contributed by atoms with Crippen molar-refractivity contribution in [2.75, 3.05) is 32.1 Å². The number of nitrogens with one attached hydrogen (secondary N) is 1. The van der Waals surface area contributed by atoms with Gasteiger partial charge in [-0.05, 0) is 53.5 Å². The summed E-state index contributed by atoms with van der Waals surface area (Å²) in [5.41, 5.74) is 4.78. The summed E-state index contributed by atoms with van der Waals surface area (Å²) in [5, 5.41) is 12.9. The summed E-state index contributed by atoms with van der Waals surface area (Å²) in [6.07, 6.45) is 3.19. The van der Waals surface area contributed by atoms with Crippen LogP contribution in [-0.2, 0) is 22.4 Å². The van der Waals surface area contributed by atoms with E-state index >= 15 is 0 Å². The number of fused-ring (bicyclic) bond motifs is 1. The van der Waals surface area contributed by atoms with Gasteiger partial charge in [0.1, 0.15) is 0 Å². The van der Waals surface area contributed by atoms with Gasteiger partial charge in [0.05, 0.1) is 25.0 Å². The lowest BCUT2D eigenvalue weighted by Crippen LogP contribution is -2.40. The zero-order valence-corrected chi connectivity index (χ0v) is 18.5. The fourth-order valence-corrected chi connectivity index (χ4v) is 3.77. The largest absolute Gasteiger partial charge is 0.465 e. The first-order valence-corrected chi connectivity index (χ1v) is 10.6. The highest BCUT2D eigenvalue weighted by Crippen LogP contribution is 2.24. The Kier molecular flexibility index (Phi) is 7.55. The molecule has 2 aromatic rings. The molecule has 7 heteroatoms. The van der Waals surface area contributed by atoms with E-state index in [1.165, 1.54) is 12.7 Å². The number of hydrogen-bond donors (Lipinski definition) is 2. The van der Waals surface area contributed by atoms with Crippen LogP contribution < -0.4 is 5.32 Å². The van der Waals surface area contributed by atoms with Crippen LogP contribution in [0.2, 0.25) is 0 Å². The van der Waals surface area contributed by atoms with Gasteiger partial charge in [-0.25, -0.2) is 4.79 Å². The molecule has 0 spiro atoms. The van der Waals surface area contributed by atoms with Crippen molar-refractivity contribution in [3.8, 4) is 0 Å². The summed E-state index contributed by atoms with van der Waals surface area (Å²) >= 11 is 5.54. The lowest BCUT2D eigenvalue weighted by molar-refractivity contribution is -0.115. The van der Waals surface area contributed by atoms with E-state index in [1.807, 2.05) is 12.1 Å². The standard InChI is InChI=1S/C24H26N2O4S/c1-3-16-8-9-17-14-22(28)19(13-18(17)12-16)15-26(10-11-27)24(31)25-21-7-5-4-6-20(21)23(29)30-2/h4-9,12-13,27H,3,10-11,14-15H2,1-2H3,(H,25,31). The van der Waals surface area contributed by atoms with Gasteiger partial charge < -0.3 is 20.1 Å². The number of Topliss-reactive ketones (excluding diaryl/α,β-unsaturated/α-hetero) is 1. The maximum absolute atomic E-state index is 12.7. The Bertz CT molecular complexity index is 1030. The van der Waals surface area contributed by atoms with Crippen molar-refractivity contribution < 1.29 is 19.4 Å². The summed E-state index contributed by atoms with van der Waals surface area (Å²) in [6.45, 7) is 2.48. The van der Waals surface area contributed by atoms with Crippen LogP contribution in [-0.4, -0.2) is 53.7 Å². The third-order valence-corrected chi connectivity index (χ3v) is 5.61. The van der Waals surface area contributed by atoms with E-state index in [2.05, 4.69) is 24.4 Å². The molecule has 162 valence electrons. The first-order valence-electron chi connectivity index (χ1n) is 10.2. The molecule has 0 heterocycles. The number of ether oxygens (including phenoxy) is 1. The highest BCUT2D eigenvalue weighted by atomic mass is 32.1. The van der Waals surface area contributed by atoms with Crippen molar-refractivity contribution in [2.45, 2.75) is 19.8 Å². The molecule has 0 bridgehead atoms. The summed E-state index contributed by atoms with van der Waals surface area (Å²) in [6, 6.07) is 13.1. The highest BCUT2D eigenvalue weighted by molar-refractivity contribution is 7.80. The number of carbonyl (C=O) groups is 2. The summed E-state index contributed by atoms with van der Waals surface area (Å²) in [5.74, 6) is -0.439. The van der Waals surface area contributed by atoms with Crippen LogP contribution in [0.25, 0.3) is 6.08 Å². The maximum Gasteiger partial charge on any atom is 0.339 e. The Labute approximate surface area is 187 Å². The third-order valence-electron chi connectivity index (χ3n) is 5.25. The zero-order chi connectivity index (χ0) is 22.4. The molecule has 1 aliphatic carbocycles. The van der Waals surface area contributed by atoms with Gasteiger partial charge in [-0.15, -0.1) is 0 Å². The first-order chi connectivity index (χ1) is 15.0. The monoisotopic (exact) mass is 438 g/mol. The van der Waals surface area contributed by atoms with E-state index in [0.29, 0.717) is 28.4 Å². The molecular weight excluding hydrogens is 412 g/mol.